The first-order valence-corrected chi connectivity index (χ1v) is 4.51. The van der Waals surface area contributed by atoms with E-state index < -0.39 is 0 Å². The van der Waals surface area contributed by atoms with Crippen LogP contribution in [0.1, 0.15) is 18.4 Å². The zero-order valence-corrected chi connectivity index (χ0v) is 7.65. The zero-order chi connectivity index (χ0) is 8.81. The van der Waals surface area contributed by atoms with Gasteiger partial charge in [-0.05, 0) is 37.0 Å². The van der Waals surface area contributed by atoms with Gasteiger partial charge >= 0.3 is 0 Å². The van der Waals surface area contributed by atoms with Crippen LogP contribution in [0.15, 0.2) is 24.3 Å². The monoisotopic (exact) mass is 186 g/mol. The Kier molecular flexibility index (Phi) is 4.09. The topological polar surface area (TPSA) is 0 Å². The number of aryl methyl sites for hydroxylation is 1. The van der Waals surface area contributed by atoms with Crippen molar-refractivity contribution in [1.82, 2.24) is 0 Å². The van der Waals surface area contributed by atoms with E-state index in [0.29, 0.717) is 6.42 Å². The molecule has 1 aromatic rings. The lowest BCUT2D eigenvalue weighted by Crippen LogP contribution is -1.85. The molecule has 1 rings (SSSR count). The molecule has 0 aliphatic rings. The Balaban J connectivity index is 2.37. The number of alkyl halides is 1. The van der Waals surface area contributed by atoms with Crippen LogP contribution in [0.4, 0.5) is 4.39 Å². The second-order valence-electron chi connectivity index (χ2n) is 2.77. The van der Waals surface area contributed by atoms with Gasteiger partial charge < -0.3 is 0 Å². The molecule has 0 radical (unpaired) electrons. The van der Waals surface area contributed by atoms with Crippen molar-refractivity contribution in [3.8, 4) is 0 Å². The third-order valence-electron chi connectivity index (χ3n) is 1.76. The van der Waals surface area contributed by atoms with Crippen LogP contribution in [0, 0.1) is 0 Å². The van der Waals surface area contributed by atoms with E-state index in [1.54, 1.807) is 0 Å². The fraction of sp³-hybridized carbons (Fsp3) is 0.400. The predicted octanol–water partition coefficient (Wildman–Crippen LogP) is 3.63. The van der Waals surface area contributed by atoms with E-state index in [4.69, 9.17) is 11.6 Å². The Morgan fingerprint density at radius 1 is 1.08 bits per heavy atom. The summed E-state index contributed by atoms with van der Waals surface area (Å²) in [5.74, 6) is 0. The first-order chi connectivity index (χ1) is 5.83. The van der Waals surface area contributed by atoms with E-state index in [1.165, 1.54) is 5.56 Å². The zero-order valence-electron chi connectivity index (χ0n) is 6.89. The molecule has 0 spiro atoms. The van der Waals surface area contributed by atoms with Gasteiger partial charge in [0.15, 0.2) is 0 Å². The summed E-state index contributed by atoms with van der Waals surface area (Å²) in [7, 11) is 0. The molecule has 0 saturated heterocycles. The van der Waals surface area contributed by atoms with E-state index in [0.717, 1.165) is 17.9 Å². The number of hydrogen-bond acceptors (Lipinski definition) is 0. The van der Waals surface area contributed by atoms with Crippen molar-refractivity contribution in [2.24, 2.45) is 0 Å². The highest BCUT2D eigenvalue weighted by molar-refractivity contribution is 6.30. The molecule has 0 aliphatic carbocycles. The van der Waals surface area contributed by atoms with Crippen LogP contribution in [0.3, 0.4) is 0 Å². The van der Waals surface area contributed by atoms with Gasteiger partial charge in [-0.1, -0.05) is 23.7 Å². The Bertz CT molecular complexity index is 218. The van der Waals surface area contributed by atoms with E-state index in [2.05, 4.69) is 0 Å². The fourth-order valence-electron chi connectivity index (χ4n) is 1.07. The van der Waals surface area contributed by atoms with Crippen molar-refractivity contribution in [2.75, 3.05) is 6.67 Å². The van der Waals surface area contributed by atoms with Crippen LogP contribution in [0.2, 0.25) is 5.02 Å². The molecule has 0 amide bonds. The largest absolute Gasteiger partial charge is 0.251 e. The molecule has 0 atom stereocenters. The minimum Gasteiger partial charge on any atom is -0.251 e. The average molecular weight is 187 g/mol. The maximum absolute atomic E-state index is 11.7. The standard InChI is InChI=1S/C10H12ClF/c11-10-6-4-9(5-7-10)3-1-2-8-12/h4-7H,1-3,8H2. The van der Waals surface area contributed by atoms with Crippen molar-refractivity contribution in [3.05, 3.63) is 34.9 Å². The molecule has 0 aromatic heterocycles. The van der Waals surface area contributed by atoms with Crippen molar-refractivity contribution >= 4 is 11.6 Å². The lowest BCUT2D eigenvalue weighted by molar-refractivity contribution is 0.462. The molecule has 0 unspecified atom stereocenters. The van der Waals surface area contributed by atoms with Gasteiger partial charge in [0.05, 0.1) is 6.67 Å². The van der Waals surface area contributed by atoms with E-state index in [-0.39, 0.29) is 6.67 Å². The van der Waals surface area contributed by atoms with Gasteiger partial charge in [0, 0.05) is 5.02 Å². The van der Waals surface area contributed by atoms with Gasteiger partial charge in [-0.15, -0.1) is 0 Å². The molecule has 0 aliphatic heterocycles. The van der Waals surface area contributed by atoms with Gasteiger partial charge in [0.2, 0.25) is 0 Å². The lowest BCUT2D eigenvalue weighted by Gasteiger charge is -1.98. The van der Waals surface area contributed by atoms with E-state index in [1.807, 2.05) is 24.3 Å². The van der Waals surface area contributed by atoms with Crippen molar-refractivity contribution in [2.45, 2.75) is 19.3 Å². The number of rotatable bonds is 4. The summed E-state index contributed by atoms with van der Waals surface area (Å²) in [4.78, 5) is 0. The average Bonchev–Trinajstić information content (AvgIpc) is 2.09. The highest BCUT2D eigenvalue weighted by Gasteiger charge is 1.92. The first kappa shape index (κ1) is 9.53. The second kappa shape index (κ2) is 5.15. The van der Waals surface area contributed by atoms with Crippen LogP contribution in [0.25, 0.3) is 0 Å². The quantitative estimate of drug-likeness (QED) is 0.630. The Labute approximate surface area is 77.4 Å². The Morgan fingerprint density at radius 3 is 2.33 bits per heavy atom. The van der Waals surface area contributed by atoms with Gasteiger partial charge in [-0.2, -0.15) is 0 Å². The Hall–Kier alpha value is -0.560. The fourth-order valence-corrected chi connectivity index (χ4v) is 1.20. The van der Waals surface area contributed by atoms with Crippen LogP contribution < -0.4 is 0 Å². The first-order valence-electron chi connectivity index (χ1n) is 4.13. The third-order valence-corrected chi connectivity index (χ3v) is 2.01. The normalized spacial score (nSPS) is 10.2. The Morgan fingerprint density at radius 2 is 1.75 bits per heavy atom. The number of unbranched alkanes of at least 4 members (excludes halogenated alkanes) is 1. The SMILES string of the molecule is FCCCCc1ccc(Cl)cc1. The molecular weight excluding hydrogens is 175 g/mol. The van der Waals surface area contributed by atoms with Gasteiger partial charge in [-0.3, -0.25) is 4.39 Å². The molecule has 0 N–H and O–H groups in total. The molecule has 12 heavy (non-hydrogen) atoms. The molecule has 1 aromatic carbocycles. The van der Waals surface area contributed by atoms with Gasteiger partial charge in [0.1, 0.15) is 0 Å². The molecule has 0 nitrogen and oxygen atoms in total. The molecule has 66 valence electrons. The van der Waals surface area contributed by atoms with Crippen molar-refractivity contribution in [1.29, 1.82) is 0 Å². The molecule has 2 heteroatoms. The summed E-state index contributed by atoms with van der Waals surface area (Å²) < 4.78 is 11.7. The second-order valence-corrected chi connectivity index (χ2v) is 3.21. The summed E-state index contributed by atoms with van der Waals surface area (Å²) in [6, 6.07) is 7.71. The maximum atomic E-state index is 11.7. The number of halogens is 2. The summed E-state index contributed by atoms with van der Waals surface area (Å²) >= 11 is 5.71. The van der Waals surface area contributed by atoms with Gasteiger partial charge in [0.25, 0.3) is 0 Å². The minimum atomic E-state index is -0.215. The third kappa shape index (κ3) is 3.22. The van der Waals surface area contributed by atoms with Crippen molar-refractivity contribution < 1.29 is 4.39 Å². The summed E-state index contributed by atoms with van der Waals surface area (Å²) in [6.45, 7) is -0.215. The molecule has 0 saturated carbocycles. The van der Waals surface area contributed by atoms with Crippen molar-refractivity contribution in [3.63, 3.8) is 0 Å². The molecule has 0 bridgehead atoms. The van der Waals surface area contributed by atoms with Gasteiger partial charge in [-0.25, -0.2) is 0 Å². The summed E-state index contributed by atoms with van der Waals surface area (Å²) in [5.41, 5.74) is 1.23. The van der Waals surface area contributed by atoms with Crippen LogP contribution in [-0.4, -0.2) is 6.67 Å². The summed E-state index contributed by atoms with van der Waals surface area (Å²) in [6.07, 6.45) is 2.52. The van der Waals surface area contributed by atoms with Crippen LogP contribution in [0.5, 0.6) is 0 Å². The van der Waals surface area contributed by atoms with E-state index in [9.17, 15) is 4.39 Å². The van der Waals surface area contributed by atoms with Crippen LogP contribution in [-0.2, 0) is 6.42 Å². The highest BCUT2D eigenvalue weighted by atomic mass is 35.5. The molecule has 0 fully saturated rings. The maximum Gasteiger partial charge on any atom is 0.0894 e. The summed E-state index contributed by atoms with van der Waals surface area (Å²) in [5, 5.41) is 0.754. The highest BCUT2D eigenvalue weighted by Crippen LogP contribution is 2.11. The van der Waals surface area contributed by atoms with E-state index >= 15 is 0 Å². The smallest absolute Gasteiger partial charge is 0.0894 e. The lowest BCUT2D eigenvalue weighted by atomic mass is 10.1. The molecular formula is C10H12ClF. The number of benzene rings is 1. The predicted molar refractivity (Wildman–Crippen MR) is 50.4 cm³/mol. The molecule has 0 heterocycles. The van der Waals surface area contributed by atoms with Crippen LogP contribution >= 0.6 is 11.6 Å². The minimum absolute atomic E-state index is 0.215. The number of hydrogen-bond donors (Lipinski definition) is 0.